The van der Waals surface area contributed by atoms with Gasteiger partial charge in [0.25, 0.3) is 5.91 Å². The summed E-state index contributed by atoms with van der Waals surface area (Å²) in [5, 5.41) is 2.85. The van der Waals surface area contributed by atoms with Crippen molar-refractivity contribution in [2.45, 2.75) is 12.8 Å². The highest BCUT2D eigenvalue weighted by atomic mass is 16.5. The number of aromatic nitrogens is 1. The second-order valence-electron chi connectivity index (χ2n) is 6.81. The van der Waals surface area contributed by atoms with Crippen molar-refractivity contribution >= 4 is 23.0 Å². The van der Waals surface area contributed by atoms with E-state index in [4.69, 9.17) is 9.47 Å². The molecular weight excluding hydrogens is 366 g/mol. The van der Waals surface area contributed by atoms with E-state index in [1.54, 1.807) is 44.7 Å². The maximum absolute atomic E-state index is 12.6. The fourth-order valence-corrected chi connectivity index (χ4v) is 3.59. The number of ether oxygens (including phenoxy) is 2. The van der Waals surface area contributed by atoms with Gasteiger partial charge in [-0.25, -0.2) is 4.98 Å². The number of carbonyl (C=O) groups excluding carboxylic acids is 1. The average molecular weight is 389 g/mol. The van der Waals surface area contributed by atoms with Crippen LogP contribution < -0.4 is 19.7 Å². The lowest BCUT2D eigenvalue weighted by molar-refractivity contribution is 0.102. The molecule has 2 aromatic carbocycles. The SMILES string of the molecule is COc1ccc(NC(=O)c2ccc(N3CCCc4ccccc43)cn2)cc1OC. The van der Waals surface area contributed by atoms with E-state index in [0.29, 0.717) is 22.9 Å². The van der Waals surface area contributed by atoms with Gasteiger partial charge in [0.2, 0.25) is 0 Å². The van der Waals surface area contributed by atoms with Crippen LogP contribution in [-0.4, -0.2) is 31.7 Å². The monoisotopic (exact) mass is 389 g/mol. The van der Waals surface area contributed by atoms with Crippen LogP contribution in [0.5, 0.6) is 11.5 Å². The van der Waals surface area contributed by atoms with Gasteiger partial charge in [-0.15, -0.1) is 0 Å². The third-order valence-corrected chi connectivity index (χ3v) is 5.04. The lowest BCUT2D eigenvalue weighted by Crippen LogP contribution is -2.24. The number of methoxy groups -OCH3 is 2. The quantitative estimate of drug-likeness (QED) is 0.699. The van der Waals surface area contributed by atoms with Crippen molar-refractivity contribution in [3.05, 3.63) is 72.1 Å². The zero-order valence-electron chi connectivity index (χ0n) is 16.5. The number of amides is 1. The third kappa shape index (κ3) is 3.87. The molecule has 148 valence electrons. The molecule has 29 heavy (non-hydrogen) atoms. The summed E-state index contributed by atoms with van der Waals surface area (Å²) in [6.45, 7) is 0.940. The molecule has 0 bridgehead atoms. The van der Waals surface area contributed by atoms with Crippen molar-refractivity contribution in [2.75, 3.05) is 31.0 Å². The van der Waals surface area contributed by atoms with Crippen molar-refractivity contribution in [3.8, 4) is 11.5 Å². The number of hydrogen-bond donors (Lipinski definition) is 1. The van der Waals surface area contributed by atoms with Crippen molar-refractivity contribution in [1.82, 2.24) is 4.98 Å². The minimum Gasteiger partial charge on any atom is -0.493 e. The number of pyridine rings is 1. The van der Waals surface area contributed by atoms with Crippen LogP contribution in [0.3, 0.4) is 0 Å². The molecule has 3 aromatic rings. The molecule has 6 heteroatoms. The highest BCUT2D eigenvalue weighted by Crippen LogP contribution is 2.33. The summed E-state index contributed by atoms with van der Waals surface area (Å²) in [5.74, 6) is 0.884. The summed E-state index contributed by atoms with van der Waals surface area (Å²) in [4.78, 5) is 19.2. The van der Waals surface area contributed by atoms with Crippen molar-refractivity contribution in [1.29, 1.82) is 0 Å². The highest BCUT2D eigenvalue weighted by molar-refractivity contribution is 6.03. The lowest BCUT2D eigenvalue weighted by atomic mass is 10.0. The number of para-hydroxylation sites is 1. The Balaban J connectivity index is 1.51. The van der Waals surface area contributed by atoms with Crippen molar-refractivity contribution in [2.24, 2.45) is 0 Å². The van der Waals surface area contributed by atoms with Gasteiger partial charge in [0.15, 0.2) is 11.5 Å². The molecule has 1 aliphatic rings. The van der Waals surface area contributed by atoms with Gasteiger partial charge in [0.05, 0.1) is 26.1 Å². The summed E-state index contributed by atoms with van der Waals surface area (Å²) in [6.07, 6.45) is 3.94. The standard InChI is InChI=1S/C23H23N3O3/c1-28-21-12-9-17(14-22(21)29-2)25-23(27)19-11-10-18(15-24-19)26-13-5-7-16-6-3-4-8-20(16)26/h3-4,6,8-12,14-15H,5,7,13H2,1-2H3,(H,25,27). The summed E-state index contributed by atoms with van der Waals surface area (Å²) < 4.78 is 10.5. The van der Waals surface area contributed by atoms with E-state index >= 15 is 0 Å². The number of anilines is 3. The molecule has 0 unspecified atom stereocenters. The predicted molar refractivity (Wildman–Crippen MR) is 114 cm³/mol. The summed E-state index contributed by atoms with van der Waals surface area (Å²) in [5.41, 5.74) is 4.51. The Hall–Kier alpha value is -3.54. The van der Waals surface area contributed by atoms with E-state index in [9.17, 15) is 4.79 Å². The Bertz CT molecular complexity index is 1020. The molecule has 1 aliphatic heterocycles. The van der Waals surface area contributed by atoms with Gasteiger partial charge in [-0.2, -0.15) is 0 Å². The van der Waals surface area contributed by atoms with Crippen LogP contribution in [-0.2, 0) is 6.42 Å². The molecule has 0 fully saturated rings. The molecule has 4 rings (SSSR count). The number of benzene rings is 2. The van der Waals surface area contributed by atoms with Gasteiger partial charge >= 0.3 is 0 Å². The van der Waals surface area contributed by atoms with Crippen LogP contribution in [0.4, 0.5) is 17.1 Å². The molecule has 0 aliphatic carbocycles. The molecular formula is C23H23N3O3. The number of hydrogen-bond acceptors (Lipinski definition) is 5. The first kappa shape index (κ1) is 18.8. The summed E-state index contributed by atoms with van der Waals surface area (Å²) >= 11 is 0. The van der Waals surface area contributed by atoms with Gasteiger partial charge in [-0.05, 0) is 48.7 Å². The number of aryl methyl sites for hydroxylation is 1. The second-order valence-corrected chi connectivity index (χ2v) is 6.81. The fraction of sp³-hybridized carbons (Fsp3) is 0.217. The minimum atomic E-state index is -0.275. The number of carbonyl (C=O) groups is 1. The normalized spacial score (nSPS) is 12.8. The molecule has 6 nitrogen and oxygen atoms in total. The number of nitrogens with zero attached hydrogens (tertiary/aromatic N) is 2. The van der Waals surface area contributed by atoms with Gasteiger partial charge < -0.3 is 19.7 Å². The second kappa shape index (κ2) is 8.22. The number of rotatable bonds is 5. The van der Waals surface area contributed by atoms with E-state index < -0.39 is 0 Å². The molecule has 0 spiro atoms. The van der Waals surface area contributed by atoms with E-state index in [1.165, 1.54) is 11.3 Å². The zero-order chi connectivity index (χ0) is 20.2. The molecule has 1 aromatic heterocycles. The third-order valence-electron chi connectivity index (χ3n) is 5.04. The van der Waals surface area contributed by atoms with Crippen molar-refractivity contribution in [3.63, 3.8) is 0 Å². The minimum absolute atomic E-state index is 0.275. The molecule has 1 amide bonds. The highest BCUT2D eigenvalue weighted by Gasteiger charge is 2.18. The van der Waals surface area contributed by atoms with E-state index in [2.05, 4.69) is 39.5 Å². The Labute approximate surface area is 170 Å². The molecule has 0 saturated carbocycles. The van der Waals surface area contributed by atoms with Gasteiger partial charge in [-0.1, -0.05) is 18.2 Å². The average Bonchev–Trinajstić information content (AvgIpc) is 2.78. The Morgan fingerprint density at radius 2 is 1.86 bits per heavy atom. The smallest absolute Gasteiger partial charge is 0.274 e. The van der Waals surface area contributed by atoms with Gasteiger partial charge in [0, 0.05) is 24.0 Å². The van der Waals surface area contributed by atoms with Gasteiger partial charge in [0.1, 0.15) is 5.69 Å². The molecule has 0 saturated heterocycles. The Morgan fingerprint density at radius 3 is 2.62 bits per heavy atom. The maximum atomic E-state index is 12.6. The topological polar surface area (TPSA) is 63.7 Å². The fourth-order valence-electron chi connectivity index (χ4n) is 3.59. The number of fused-ring (bicyclic) bond motifs is 1. The maximum Gasteiger partial charge on any atom is 0.274 e. The first-order valence-electron chi connectivity index (χ1n) is 9.54. The van der Waals surface area contributed by atoms with Gasteiger partial charge in [-0.3, -0.25) is 4.79 Å². The predicted octanol–water partition coefficient (Wildman–Crippen LogP) is 4.44. The summed E-state index contributed by atoms with van der Waals surface area (Å²) in [7, 11) is 3.13. The van der Waals surface area contributed by atoms with Crippen LogP contribution in [0, 0.1) is 0 Å². The molecule has 2 heterocycles. The van der Waals surface area contributed by atoms with E-state index in [0.717, 1.165) is 25.1 Å². The summed E-state index contributed by atoms with van der Waals surface area (Å²) in [6, 6.07) is 17.3. The Kier molecular flexibility index (Phi) is 5.33. The van der Waals surface area contributed by atoms with Crippen LogP contribution >= 0.6 is 0 Å². The largest absolute Gasteiger partial charge is 0.493 e. The molecule has 0 radical (unpaired) electrons. The van der Waals surface area contributed by atoms with E-state index in [-0.39, 0.29) is 5.91 Å². The Morgan fingerprint density at radius 1 is 1.03 bits per heavy atom. The number of nitrogens with one attached hydrogen (secondary N) is 1. The molecule has 1 N–H and O–H groups in total. The van der Waals surface area contributed by atoms with Crippen LogP contribution in [0.1, 0.15) is 22.5 Å². The zero-order valence-corrected chi connectivity index (χ0v) is 16.5. The van der Waals surface area contributed by atoms with Crippen LogP contribution in [0.2, 0.25) is 0 Å². The first-order chi connectivity index (χ1) is 14.2. The van der Waals surface area contributed by atoms with Crippen molar-refractivity contribution < 1.29 is 14.3 Å². The van der Waals surface area contributed by atoms with Crippen LogP contribution in [0.15, 0.2) is 60.8 Å². The molecule has 0 atom stereocenters. The lowest BCUT2D eigenvalue weighted by Gasteiger charge is -2.31. The first-order valence-corrected chi connectivity index (χ1v) is 9.54. The van der Waals surface area contributed by atoms with E-state index in [1.807, 2.05) is 6.07 Å². The van der Waals surface area contributed by atoms with Crippen LogP contribution in [0.25, 0.3) is 0 Å².